The van der Waals surface area contributed by atoms with Crippen molar-refractivity contribution in [1.29, 1.82) is 0 Å². The van der Waals surface area contributed by atoms with E-state index in [9.17, 15) is 4.79 Å². The fraction of sp³-hybridized carbons (Fsp3) is 0.375. The number of ether oxygens (including phenoxy) is 1. The van der Waals surface area contributed by atoms with Crippen LogP contribution in [0.1, 0.15) is 23.1 Å². The smallest absolute Gasteiger partial charge is 0.360 e. The topological polar surface area (TPSA) is 171 Å². The first-order chi connectivity index (χ1) is 9.69. The van der Waals surface area contributed by atoms with E-state index < -0.39 is 5.97 Å². The summed E-state index contributed by atoms with van der Waals surface area (Å²) in [5.41, 5.74) is 14.0. The molecule has 2 aromatic rings. The summed E-state index contributed by atoms with van der Waals surface area (Å²) < 4.78 is 10.4. The minimum Gasteiger partial charge on any atom is -0.461 e. The van der Waals surface area contributed by atoms with Crippen molar-refractivity contribution in [3.05, 3.63) is 21.8 Å². The number of carbonyl (C=O) groups is 1. The minimum absolute atomic E-state index is 0.0381. The molecular formula is C8H9N9O3. The van der Waals surface area contributed by atoms with Crippen LogP contribution in [0.3, 0.4) is 0 Å². The lowest BCUT2D eigenvalue weighted by atomic mass is 10.3. The zero-order valence-electron chi connectivity index (χ0n) is 10.3. The van der Waals surface area contributed by atoms with E-state index in [0.29, 0.717) is 0 Å². The van der Waals surface area contributed by atoms with Gasteiger partial charge in [-0.15, -0.1) is 5.10 Å². The van der Waals surface area contributed by atoms with Crippen molar-refractivity contribution in [3.63, 3.8) is 0 Å². The van der Waals surface area contributed by atoms with Gasteiger partial charge in [-0.25, -0.2) is 9.42 Å². The highest BCUT2D eigenvalue weighted by atomic mass is 16.6. The summed E-state index contributed by atoms with van der Waals surface area (Å²) in [7, 11) is 0. The number of carbonyl (C=O) groups excluding carboxylic acids is 1. The molecule has 12 heteroatoms. The maximum Gasteiger partial charge on any atom is 0.360 e. The molecule has 0 spiro atoms. The Hall–Kier alpha value is -3.14. The Morgan fingerprint density at radius 3 is 3.00 bits per heavy atom. The van der Waals surface area contributed by atoms with Gasteiger partial charge >= 0.3 is 5.97 Å². The summed E-state index contributed by atoms with van der Waals surface area (Å²) in [5, 5.41) is 17.7. The Bertz CT molecular complexity index is 669. The third-order valence-electron chi connectivity index (χ3n) is 2.21. The van der Waals surface area contributed by atoms with Crippen LogP contribution in [-0.4, -0.2) is 37.9 Å². The standard InChI is InChI=1S/C8H9N9O3/c1-2-19-8(18)5-4(3-11-15-10)17(16-12-5)7-6(9)13-20-14-7/h2-3H2,1H3,(H2,9,13). The van der Waals surface area contributed by atoms with Gasteiger partial charge in [-0.1, -0.05) is 10.3 Å². The lowest BCUT2D eigenvalue weighted by molar-refractivity contribution is 0.0518. The quantitative estimate of drug-likeness (QED) is 0.350. The summed E-state index contributed by atoms with van der Waals surface area (Å²) >= 11 is 0. The van der Waals surface area contributed by atoms with Crippen LogP contribution in [0, 0.1) is 0 Å². The third-order valence-corrected chi connectivity index (χ3v) is 2.21. The van der Waals surface area contributed by atoms with Crippen LogP contribution >= 0.6 is 0 Å². The van der Waals surface area contributed by atoms with Crippen LogP contribution in [0.25, 0.3) is 16.3 Å². The van der Waals surface area contributed by atoms with Gasteiger partial charge in [0.15, 0.2) is 5.69 Å². The number of hydrogen-bond donors (Lipinski definition) is 1. The maximum absolute atomic E-state index is 11.7. The van der Waals surface area contributed by atoms with Crippen molar-refractivity contribution in [1.82, 2.24) is 25.3 Å². The molecule has 0 aliphatic heterocycles. The first-order valence-corrected chi connectivity index (χ1v) is 5.40. The Labute approximate surface area is 111 Å². The van der Waals surface area contributed by atoms with Gasteiger partial charge in [0.05, 0.1) is 18.8 Å². The molecule has 0 aliphatic rings. The largest absolute Gasteiger partial charge is 0.461 e. The molecule has 12 nitrogen and oxygen atoms in total. The first kappa shape index (κ1) is 13.3. The highest BCUT2D eigenvalue weighted by Gasteiger charge is 2.24. The number of rotatable bonds is 5. The minimum atomic E-state index is -0.697. The van der Waals surface area contributed by atoms with Gasteiger partial charge in [-0.2, -0.15) is 4.68 Å². The second-order valence-corrected chi connectivity index (χ2v) is 3.38. The molecule has 0 amide bonds. The van der Waals surface area contributed by atoms with Gasteiger partial charge in [-0.05, 0) is 22.8 Å². The number of nitrogen functional groups attached to an aromatic ring is 1. The first-order valence-electron chi connectivity index (χ1n) is 5.40. The van der Waals surface area contributed by atoms with E-state index in [1.165, 1.54) is 0 Å². The molecule has 2 N–H and O–H groups in total. The molecule has 20 heavy (non-hydrogen) atoms. The lowest BCUT2D eigenvalue weighted by Crippen LogP contribution is -2.10. The summed E-state index contributed by atoms with van der Waals surface area (Å²) in [4.78, 5) is 14.3. The summed E-state index contributed by atoms with van der Waals surface area (Å²) in [6.45, 7) is 1.62. The zero-order valence-corrected chi connectivity index (χ0v) is 10.3. The van der Waals surface area contributed by atoms with Crippen molar-refractivity contribution in [3.8, 4) is 5.82 Å². The number of hydrogen-bond acceptors (Lipinski definition) is 9. The molecule has 0 unspecified atom stereocenters. The summed E-state index contributed by atoms with van der Waals surface area (Å²) in [6, 6.07) is 0. The predicted molar refractivity (Wildman–Crippen MR) is 62.4 cm³/mol. The molecule has 2 aromatic heterocycles. The molecule has 0 saturated carbocycles. The highest BCUT2D eigenvalue weighted by Crippen LogP contribution is 2.17. The predicted octanol–water partition coefficient (Wildman–Crippen LogP) is 0.219. The molecule has 0 aliphatic carbocycles. The Kier molecular flexibility index (Phi) is 3.77. The number of esters is 1. The van der Waals surface area contributed by atoms with Gasteiger partial charge in [0.1, 0.15) is 0 Å². The Morgan fingerprint density at radius 1 is 1.60 bits per heavy atom. The fourth-order valence-electron chi connectivity index (χ4n) is 1.41. The van der Waals surface area contributed by atoms with Gasteiger partial charge in [0, 0.05) is 4.91 Å². The second-order valence-electron chi connectivity index (χ2n) is 3.38. The van der Waals surface area contributed by atoms with E-state index >= 15 is 0 Å². The van der Waals surface area contributed by atoms with E-state index in [1.807, 2.05) is 0 Å². The number of aromatic nitrogens is 5. The van der Waals surface area contributed by atoms with E-state index in [2.05, 4.69) is 35.3 Å². The zero-order chi connectivity index (χ0) is 14.5. The highest BCUT2D eigenvalue weighted by molar-refractivity contribution is 5.88. The van der Waals surface area contributed by atoms with Crippen LogP contribution in [0.15, 0.2) is 9.74 Å². The summed E-state index contributed by atoms with van der Waals surface area (Å²) in [5.74, 6) is -0.708. The molecule has 0 atom stereocenters. The van der Waals surface area contributed by atoms with Crippen LogP contribution in [-0.2, 0) is 11.3 Å². The van der Waals surface area contributed by atoms with E-state index in [1.54, 1.807) is 6.92 Å². The van der Waals surface area contributed by atoms with Gasteiger partial charge in [0.25, 0.3) is 0 Å². The molecule has 0 saturated heterocycles. The fourth-order valence-corrected chi connectivity index (χ4v) is 1.41. The average Bonchev–Trinajstić information content (AvgIpc) is 3.02. The number of nitrogens with zero attached hydrogens (tertiary/aromatic N) is 8. The van der Waals surface area contributed by atoms with E-state index in [4.69, 9.17) is 16.0 Å². The average molecular weight is 279 g/mol. The number of anilines is 1. The SMILES string of the molecule is CCOC(=O)c1nnn(-c2nonc2N)c1CN=[N+]=[N-]. The molecule has 2 heterocycles. The van der Waals surface area contributed by atoms with Crippen molar-refractivity contribution in [2.75, 3.05) is 12.3 Å². The molecule has 0 fully saturated rings. The van der Waals surface area contributed by atoms with Crippen LogP contribution in [0.2, 0.25) is 0 Å². The van der Waals surface area contributed by atoms with Gasteiger partial charge in [0.2, 0.25) is 11.6 Å². The van der Waals surface area contributed by atoms with Gasteiger partial charge < -0.3 is 10.5 Å². The maximum atomic E-state index is 11.7. The molecular weight excluding hydrogens is 270 g/mol. The van der Waals surface area contributed by atoms with E-state index in [0.717, 1.165) is 4.68 Å². The van der Waals surface area contributed by atoms with Crippen LogP contribution in [0.4, 0.5) is 5.82 Å². The molecule has 0 aromatic carbocycles. The van der Waals surface area contributed by atoms with Crippen molar-refractivity contribution < 1.29 is 14.2 Å². The molecule has 104 valence electrons. The molecule has 0 radical (unpaired) electrons. The second kappa shape index (κ2) is 5.67. The number of nitrogens with two attached hydrogens (primary N) is 1. The Balaban J connectivity index is 2.50. The van der Waals surface area contributed by atoms with Crippen molar-refractivity contribution in [2.45, 2.75) is 13.5 Å². The van der Waals surface area contributed by atoms with Gasteiger partial charge in [-0.3, -0.25) is 0 Å². The van der Waals surface area contributed by atoms with Crippen LogP contribution in [0.5, 0.6) is 0 Å². The lowest BCUT2D eigenvalue weighted by Gasteiger charge is -2.02. The number of azide groups is 1. The molecule has 0 bridgehead atoms. The summed E-state index contributed by atoms with van der Waals surface area (Å²) in [6.07, 6.45) is 0. The Morgan fingerprint density at radius 2 is 2.40 bits per heavy atom. The normalized spacial score (nSPS) is 10.1. The van der Waals surface area contributed by atoms with Crippen LogP contribution < -0.4 is 5.73 Å². The monoisotopic (exact) mass is 279 g/mol. The third kappa shape index (κ3) is 2.35. The van der Waals surface area contributed by atoms with Crippen molar-refractivity contribution >= 4 is 11.8 Å². The molecule has 2 rings (SSSR count). The van der Waals surface area contributed by atoms with E-state index in [-0.39, 0.29) is 36.2 Å². The van der Waals surface area contributed by atoms with Crippen molar-refractivity contribution in [2.24, 2.45) is 5.11 Å².